The predicted octanol–water partition coefficient (Wildman–Crippen LogP) is 1.57. The molecule has 0 unspecified atom stereocenters. The van der Waals surface area contributed by atoms with Gasteiger partial charge < -0.3 is 31.2 Å². The molecule has 0 radical (unpaired) electrons. The summed E-state index contributed by atoms with van der Waals surface area (Å²) in [5.41, 5.74) is 6.08. The third kappa shape index (κ3) is 9.99. The van der Waals surface area contributed by atoms with Crippen LogP contribution >= 0.6 is 0 Å². The Morgan fingerprint density at radius 3 is 2.37 bits per heavy atom. The number of hydrogen-bond acceptors (Lipinski definition) is 9. The van der Waals surface area contributed by atoms with E-state index in [1.165, 1.54) is 9.58 Å². The van der Waals surface area contributed by atoms with Crippen LogP contribution in [-0.4, -0.2) is 99.5 Å². The van der Waals surface area contributed by atoms with E-state index in [1.54, 1.807) is 6.20 Å². The van der Waals surface area contributed by atoms with Gasteiger partial charge in [0.15, 0.2) is 0 Å². The summed E-state index contributed by atoms with van der Waals surface area (Å²) < 4.78 is 30.5. The molecule has 51 heavy (non-hydrogen) atoms. The largest absolute Gasteiger partial charge is 0.387 e. The number of aliphatic hydroxyl groups is 1. The smallest absolute Gasteiger partial charge is 0.254 e. The summed E-state index contributed by atoms with van der Waals surface area (Å²) in [6.07, 6.45) is 4.64. The molecule has 13 nitrogen and oxygen atoms in total. The molecule has 0 saturated carbocycles. The molecule has 2 heterocycles. The Morgan fingerprint density at radius 2 is 1.75 bits per heavy atom. The number of halogens is 2. The van der Waals surface area contributed by atoms with Crippen LogP contribution in [0.3, 0.4) is 0 Å². The highest BCUT2D eigenvalue weighted by molar-refractivity contribution is 6.14. The van der Waals surface area contributed by atoms with Gasteiger partial charge in [0.05, 0.1) is 17.3 Å². The summed E-state index contributed by atoms with van der Waals surface area (Å²) in [5.74, 6) is -3.70. The Bertz CT molecular complexity index is 1760. The lowest BCUT2D eigenvalue weighted by molar-refractivity contribution is -0.141. The summed E-state index contributed by atoms with van der Waals surface area (Å²) in [6, 6.07) is 11.6. The molecule has 5 N–H and O–H groups in total. The van der Waals surface area contributed by atoms with Gasteiger partial charge in [-0.2, -0.15) is 5.10 Å². The number of nitrogens with two attached hydrogens (primary N) is 1. The lowest BCUT2D eigenvalue weighted by atomic mass is 9.81. The Balaban J connectivity index is 1.53. The molecule has 0 saturated heterocycles. The Labute approximate surface area is 294 Å². The summed E-state index contributed by atoms with van der Waals surface area (Å²) in [6.45, 7) is 4.55. The van der Waals surface area contributed by atoms with Crippen molar-refractivity contribution >= 4 is 29.9 Å². The molecule has 3 aromatic rings. The van der Waals surface area contributed by atoms with Crippen molar-refractivity contribution in [2.24, 2.45) is 11.1 Å². The van der Waals surface area contributed by atoms with Gasteiger partial charge in [0.1, 0.15) is 36.8 Å². The van der Waals surface area contributed by atoms with Gasteiger partial charge in [-0.1, -0.05) is 51.1 Å². The molecule has 2 aromatic carbocycles. The molecule has 0 aliphatic carbocycles. The van der Waals surface area contributed by atoms with Gasteiger partial charge in [-0.25, -0.2) is 13.5 Å². The van der Waals surface area contributed by atoms with E-state index in [4.69, 9.17) is 10.8 Å². The number of nitrogens with zero attached hydrogens (tertiary/aromatic N) is 4. The van der Waals surface area contributed by atoms with Gasteiger partial charge >= 0.3 is 0 Å². The van der Waals surface area contributed by atoms with Crippen LogP contribution < -0.4 is 16.4 Å². The fourth-order valence-corrected chi connectivity index (χ4v) is 5.82. The summed E-state index contributed by atoms with van der Waals surface area (Å²) >= 11 is 0. The molecule has 15 heteroatoms. The minimum atomic E-state index is -1.47. The minimum Gasteiger partial charge on any atom is -0.387 e. The first-order chi connectivity index (χ1) is 24.2. The number of rotatable bonds is 17. The van der Waals surface area contributed by atoms with E-state index in [0.29, 0.717) is 24.0 Å². The van der Waals surface area contributed by atoms with E-state index in [0.717, 1.165) is 40.8 Å². The Kier molecular flexibility index (Phi) is 12.7. The molecule has 0 fully saturated rings. The number of aromatic nitrogens is 2. The highest BCUT2D eigenvalue weighted by Crippen LogP contribution is 2.40. The zero-order valence-corrected chi connectivity index (χ0v) is 28.8. The van der Waals surface area contributed by atoms with Crippen LogP contribution in [0.1, 0.15) is 50.1 Å². The van der Waals surface area contributed by atoms with E-state index in [-0.39, 0.29) is 38.3 Å². The van der Waals surface area contributed by atoms with Gasteiger partial charge in [0, 0.05) is 62.6 Å². The number of aliphatic hydroxyl groups excluding tert-OH is 1. The normalized spacial score (nSPS) is 14.8. The van der Waals surface area contributed by atoms with Crippen LogP contribution in [0, 0.1) is 17.0 Å². The minimum absolute atomic E-state index is 0.0341. The molecule has 4 amide bonds. The number of hydrogen-bond donors (Lipinski definition) is 4. The highest BCUT2D eigenvalue weighted by atomic mass is 19.1. The van der Waals surface area contributed by atoms with E-state index < -0.39 is 65.4 Å². The fourth-order valence-electron chi connectivity index (χ4n) is 5.82. The molecule has 1 aliphatic rings. The maximum absolute atomic E-state index is 15.0. The van der Waals surface area contributed by atoms with Gasteiger partial charge in [-0.05, 0) is 29.5 Å². The van der Waals surface area contributed by atoms with Crippen LogP contribution in [0.4, 0.5) is 8.78 Å². The first-order valence-electron chi connectivity index (χ1n) is 16.4. The van der Waals surface area contributed by atoms with E-state index in [1.807, 2.05) is 51.1 Å². The summed E-state index contributed by atoms with van der Waals surface area (Å²) in [4.78, 5) is 63.5. The fraction of sp³-hybridized carbons (Fsp3) is 0.389. The lowest BCUT2D eigenvalue weighted by Crippen LogP contribution is -2.54. The number of amides is 4. The third-order valence-corrected chi connectivity index (χ3v) is 8.39. The van der Waals surface area contributed by atoms with E-state index in [2.05, 4.69) is 10.6 Å². The number of carbonyl (C=O) groups is 5. The molecule has 0 bridgehead atoms. The molecule has 0 spiro atoms. The average Bonchev–Trinajstić information content (AvgIpc) is 3.64. The molecule has 1 aliphatic heterocycles. The molecular formula is C36H43F2N7O6. The zero-order chi connectivity index (χ0) is 37.3. The average molecular weight is 708 g/mol. The van der Waals surface area contributed by atoms with Gasteiger partial charge in [-0.15, -0.1) is 0 Å². The van der Waals surface area contributed by atoms with Crippen molar-refractivity contribution in [3.05, 3.63) is 95.3 Å². The second kappa shape index (κ2) is 16.7. The van der Waals surface area contributed by atoms with Gasteiger partial charge in [0.2, 0.25) is 11.8 Å². The zero-order valence-electron chi connectivity index (χ0n) is 28.8. The van der Waals surface area contributed by atoms with Crippen molar-refractivity contribution in [3.63, 3.8) is 0 Å². The highest BCUT2D eigenvalue weighted by Gasteiger charge is 2.39. The standard InChI is InChI=1S/C36H43F2N7O6/c1-35(2,3)34(33-25(17-24-7-5-4-6-8-24)19-45(42-33)28-18-26(37)9-10-27(28)38)43(32(51)21-46)16-13-36(39,23-47)22-40-14-15-41-29(48)20-44-30(49)11-12-31(44)50/h4-12,18-19,23,34,40,46H,13-17,20-22,39H2,1-3H3,(H,41,48)/t34-,36+/m0/s1. The second-order valence-electron chi connectivity index (χ2n) is 13.5. The van der Waals surface area contributed by atoms with Crippen molar-refractivity contribution in [2.75, 3.05) is 39.3 Å². The molecule has 272 valence electrons. The van der Waals surface area contributed by atoms with Crippen LogP contribution in [0.2, 0.25) is 0 Å². The Morgan fingerprint density at radius 1 is 1.06 bits per heavy atom. The van der Waals surface area contributed by atoms with Crippen molar-refractivity contribution in [2.45, 2.75) is 45.2 Å². The first-order valence-corrected chi connectivity index (χ1v) is 16.4. The number of carbonyl (C=O) groups excluding carboxylic acids is 5. The predicted molar refractivity (Wildman–Crippen MR) is 183 cm³/mol. The van der Waals surface area contributed by atoms with E-state index >= 15 is 0 Å². The lowest BCUT2D eigenvalue weighted by Gasteiger charge is -2.41. The molecule has 1 aromatic heterocycles. The van der Waals surface area contributed by atoms with E-state index in [9.17, 15) is 37.9 Å². The third-order valence-electron chi connectivity index (χ3n) is 8.39. The van der Waals surface area contributed by atoms with Crippen molar-refractivity contribution in [1.82, 2.24) is 30.2 Å². The number of imide groups is 1. The first kappa shape index (κ1) is 38.7. The van der Waals surface area contributed by atoms with Gasteiger partial charge in [0.25, 0.3) is 11.8 Å². The van der Waals surface area contributed by atoms with Crippen molar-refractivity contribution in [3.8, 4) is 5.69 Å². The number of nitrogens with one attached hydrogen (secondary N) is 2. The SMILES string of the molecule is CC(C)(C)[C@H](c1nn(-c2cc(F)ccc2F)cc1Cc1ccccc1)N(CC[C@](N)(C=O)CNCCNC(=O)CN1C(=O)C=CC1=O)C(=O)CO. The van der Waals surface area contributed by atoms with Crippen LogP contribution in [0.25, 0.3) is 5.69 Å². The van der Waals surface area contributed by atoms with Crippen LogP contribution in [0.15, 0.2) is 66.9 Å². The topological polar surface area (TPSA) is 180 Å². The molecule has 2 atom stereocenters. The maximum Gasteiger partial charge on any atom is 0.254 e. The van der Waals surface area contributed by atoms with Crippen LogP contribution in [-0.2, 0) is 30.4 Å². The van der Waals surface area contributed by atoms with Gasteiger partial charge in [-0.3, -0.25) is 24.1 Å². The monoisotopic (exact) mass is 707 g/mol. The summed E-state index contributed by atoms with van der Waals surface area (Å²) in [7, 11) is 0. The number of aldehydes is 1. The quantitative estimate of drug-likeness (QED) is 0.0921. The molecule has 4 rings (SSSR count). The Hall–Kier alpha value is -5.12. The second-order valence-corrected chi connectivity index (χ2v) is 13.5. The van der Waals surface area contributed by atoms with Crippen LogP contribution in [0.5, 0.6) is 0 Å². The van der Waals surface area contributed by atoms with Crippen molar-refractivity contribution < 1.29 is 37.9 Å². The van der Waals surface area contributed by atoms with Crippen molar-refractivity contribution in [1.29, 1.82) is 0 Å². The maximum atomic E-state index is 15.0. The molecular weight excluding hydrogens is 664 g/mol. The summed E-state index contributed by atoms with van der Waals surface area (Å²) in [5, 5.41) is 20.4. The number of benzene rings is 2.